The molecule has 0 radical (unpaired) electrons. The summed E-state index contributed by atoms with van der Waals surface area (Å²) in [4.78, 5) is 27.9. The number of aromatic nitrogens is 6. The molecule has 0 amide bonds. The summed E-state index contributed by atoms with van der Waals surface area (Å²) in [5.74, 6) is 0. The minimum atomic E-state index is 0.835. The minimum Gasteiger partial charge on any atom is -0.254 e. The van der Waals surface area contributed by atoms with Crippen LogP contribution in [0.15, 0.2) is 110 Å². The van der Waals surface area contributed by atoms with Crippen molar-refractivity contribution in [1.82, 2.24) is 29.9 Å². The van der Waals surface area contributed by atoms with E-state index < -0.39 is 0 Å². The van der Waals surface area contributed by atoms with E-state index in [1.54, 1.807) is 0 Å². The molecule has 0 saturated carbocycles. The van der Waals surface area contributed by atoms with Crippen LogP contribution in [-0.2, 0) is 12.8 Å². The van der Waals surface area contributed by atoms with E-state index in [-0.39, 0.29) is 0 Å². The Morgan fingerprint density at radius 1 is 0.375 bits per heavy atom. The molecule has 0 N–H and O–H groups in total. The molecular formula is C34H28N6. The van der Waals surface area contributed by atoms with E-state index in [4.69, 9.17) is 9.97 Å². The summed E-state index contributed by atoms with van der Waals surface area (Å²) in [6.07, 6.45) is 9.34. The topological polar surface area (TPSA) is 77.3 Å². The standard InChI is InChI=1S/C34H28N6/c1-23-9-15-27(35-19-23)31-5-3-7-33(39-31)29-17-13-25(21-37-29)11-12-26-14-18-30(38-22-26)34-8-4-6-32(40-34)28-16-10-24(2)20-36-28/h3-10,13-22H,11-12H2,1-2H3. The highest BCUT2D eigenvalue weighted by atomic mass is 14.8. The molecule has 6 aromatic heterocycles. The van der Waals surface area contributed by atoms with Crippen LogP contribution >= 0.6 is 0 Å². The summed E-state index contributed by atoms with van der Waals surface area (Å²) in [7, 11) is 0. The van der Waals surface area contributed by atoms with E-state index >= 15 is 0 Å². The third kappa shape index (κ3) is 5.81. The van der Waals surface area contributed by atoms with Gasteiger partial charge in [-0.2, -0.15) is 0 Å². The molecule has 0 unspecified atom stereocenters. The Labute approximate surface area is 233 Å². The highest BCUT2D eigenvalue weighted by molar-refractivity contribution is 5.63. The van der Waals surface area contributed by atoms with Crippen molar-refractivity contribution in [3.63, 3.8) is 0 Å². The smallest absolute Gasteiger partial charge is 0.0894 e. The van der Waals surface area contributed by atoms with Crippen molar-refractivity contribution in [3.05, 3.63) is 132 Å². The SMILES string of the molecule is Cc1ccc(-c2cccc(-c3ccc(CCc4ccc(-c5cccc(-c6ccc(C)cn6)n5)nc4)cn3)n2)nc1. The lowest BCUT2D eigenvalue weighted by atomic mass is 10.1. The van der Waals surface area contributed by atoms with Crippen molar-refractivity contribution in [2.24, 2.45) is 0 Å². The molecule has 0 spiro atoms. The van der Waals surface area contributed by atoms with E-state index in [0.29, 0.717) is 0 Å². The van der Waals surface area contributed by atoms with Crippen LogP contribution in [0.4, 0.5) is 0 Å². The van der Waals surface area contributed by atoms with Crippen LogP contribution in [-0.4, -0.2) is 29.9 Å². The van der Waals surface area contributed by atoms with Gasteiger partial charge < -0.3 is 0 Å². The Bertz CT molecular complexity index is 1590. The van der Waals surface area contributed by atoms with Gasteiger partial charge in [0.25, 0.3) is 0 Å². The zero-order valence-corrected chi connectivity index (χ0v) is 22.5. The molecule has 0 saturated heterocycles. The molecule has 40 heavy (non-hydrogen) atoms. The largest absolute Gasteiger partial charge is 0.254 e. The maximum Gasteiger partial charge on any atom is 0.0894 e. The van der Waals surface area contributed by atoms with Gasteiger partial charge in [-0.15, -0.1) is 0 Å². The first kappa shape index (κ1) is 25.2. The van der Waals surface area contributed by atoms with Crippen molar-refractivity contribution in [2.75, 3.05) is 0 Å². The number of hydrogen-bond acceptors (Lipinski definition) is 6. The molecule has 0 bridgehead atoms. The quantitative estimate of drug-likeness (QED) is 0.223. The number of nitrogens with zero attached hydrogens (tertiary/aromatic N) is 6. The van der Waals surface area contributed by atoms with Crippen molar-refractivity contribution >= 4 is 0 Å². The van der Waals surface area contributed by atoms with Gasteiger partial charge >= 0.3 is 0 Å². The second-order valence-corrected chi connectivity index (χ2v) is 9.86. The molecule has 6 aromatic rings. The van der Waals surface area contributed by atoms with Gasteiger partial charge in [0.1, 0.15) is 0 Å². The molecule has 6 rings (SSSR count). The van der Waals surface area contributed by atoms with Gasteiger partial charge in [0.05, 0.1) is 45.6 Å². The molecule has 6 heteroatoms. The molecule has 0 aromatic carbocycles. The van der Waals surface area contributed by atoms with E-state index in [1.165, 1.54) is 11.1 Å². The third-order valence-corrected chi connectivity index (χ3v) is 6.72. The number of pyridine rings is 6. The first-order valence-electron chi connectivity index (χ1n) is 13.3. The van der Waals surface area contributed by atoms with Crippen LogP contribution in [0.5, 0.6) is 0 Å². The molecular weight excluding hydrogens is 492 g/mol. The Morgan fingerprint density at radius 3 is 1.02 bits per heavy atom. The Kier molecular flexibility index (Phi) is 7.14. The highest BCUT2D eigenvalue weighted by Crippen LogP contribution is 2.22. The normalized spacial score (nSPS) is 10.9. The average molecular weight is 521 g/mol. The van der Waals surface area contributed by atoms with Crippen molar-refractivity contribution in [1.29, 1.82) is 0 Å². The lowest BCUT2D eigenvalue weighted by Crippen LogP contribution is -1.96. The minimum absolute atomic E-state index is 0.835. The zero-order valence-electron chi connectivity index (χ0n) is 22.5. The molecule has 6 nitrogen and oxygen atoms in total. The molecule has 6 heterocycles. The molecule has 0 aliphatic carbocycles. The molecule has 0 aliphatic rings. The summed E-state index contributed by atoms with van der Waals surface area (Å²) in [6.45, 7) is 4.06. The van der Waals surface area contributed by atoms with Gasteiger partial charge in [-0.25, -0.2) is 9.97 Å². The highest BCUT2D eigenvalue weighted by Gasteiger charge is 2.08. The summed E-state index contributed by atoms with van der Waals surface area (Å²) in [6, 6.07) is 28.3. The monoisotopic (exact) mass is 520 g/mol. The van der Waals surface area contributed by atoms with Gasteiger partial charge in [0.2, 0.25) is 0 Å². The van der Waals surface area contributed by atoms with Crippen molar-refractivity contribution in [3.8, 4) is 45.6 Å². The van der Waals surface area contributed by atoms with Crippen LogP contribution in [0.25, 0.3) is 45.6 Å². The Morgan fingerprint density at radius 2 is 0.725 bits per heavy atom. The number of rotatable bonds is 7. The summed E-state index contributed by atoms with van der Waals surface area (Å²) in [5, 5.41) is 0. The van der Waals surface area contributed by atoms with Crippen molar-refractivity contribution in [2.45, 2.75) is 26.7 Å². The molecule has 0 fully saturated rings. The zero-order chi connectivity index (χ0) is 27.3. The van der Waals surface area contributed by atoms with Crippen molar-refractivity contribution < 1.29 is 0 Å². The predicted octanol–water partition coefficient (Wildman–Crippen LogP) is 7.13. The van der Waals surface area contributed by atoms with Crippen LogP contribution in [0.3, 0.4) is 0 Å². The maximum atomic E-state index is 4.78. The van der Waals surface area contributed by atoms with Crippen LogP contribution in [0.2, 0.25) is 0 Å². The fourth-order valence-corrected chi connectivity index (χ4v) is 4.42. The Hall–Kier alpha value is -5.10. The van der Waals surface area contributed by atoms with Gasteiger partial charge in [-0.3, -0.25) is 19.9 Å². The van der Waals surface area contributed by atoms with E-state index in [0.717, 1.165) is 69.5 Å². The Balaban J connectivity index is 1.10. The molecule has 0 aliphatic heterocycles. The van der Waals surface area contributed by atoms with E-state index in [9.17, 15) is 0 Å². The van der Waals surface area contributed by atoms with Gasteiger partial charge in [0.15, 0.2) is 0 Å². The second-order valence-electron chi connectivity index (χ2n) is 9.86. The van der Waals surface area contributed by atoms with E-state index in [2.05, 4.69) is 32.1 Å². The third-order valence-electron chi connectivity index (χ3n) is 6.72. The summed E-state index contributed by atoms with van der Waals surface area (Å²) >= 11 is 0. The number of aryl methyl sites for hydroxylation is 4. The molecule has 0 atom stereocenters. The summed E-state index contributed by atoms with van der Waals surface area (Å²) in [5.41, 5.74) is 11.4. The molecule has 194 valence electrons. The fourth-order valence-electron chi connectivity index (χ4n) is 4.42. The first-order chi connectivity index (χ1) is 19.6. The summed E-state index contributed by atoms with van der Waals surface area (Å²) < 4.78 is 0. The van der Waals surface area contributed by atoms with Crippen LogP contribution in [0, 0.1) is 13.8 Å². The first-order valence-corrected chi connectivity index (χ1v) is 13.3. The predicted molar refractivity (Wildman–Crippen MR) is 158 cm³/mol. The van der Waals surface area contributed by atoms with Gasteiger partial charge in [-0.1, -0.05) is 36.4 Å². The number of hydrogen-bond donors (Lipinski definition) is 0. The second kappa shape index (κ2) is 11.3. The average Bonchev–Trinajstić information content (AvgIpc) is 3.01. The van der Waals surface area contributed by atoms with Crippen LogP contribution < -0.4 is 0 Å². The van der Waals surface area contributed by atoms with E-state index in [1.807, 2.05) is 111 Å². The fraction of sp³-hybridized carbons (Fsp3) is 0.118. The lowest BCUT2D eigenvalue weighted by molar-refractivity contribution is 0.941. The van der Waals surface area contributed by atoms with Gasteiger partial charge in [0, 0.05) is 24.8 Å². The maximum absolute atomic E-state index is 4.78. The van der Waals surface area contributed by atoms with Gasteiger partial charge in [-0.05, 0) is 97.5 Å². The lowest BCUT2D eigenvalue weighted by Gasteiger charge is -2.07. The van der Waals surface area contributed by atoms with Crippen LogP contribution in [0.1, 0.15) is 22.3 Å².